The Morgan fingerprint density at radius 2 is 2.05 bits per heavy atom. The first-order valence-electron chi connectivity index (χ1n) is 6.69. The first-order chi connectivity index (χ1) is 9.53. The third-order valence-electron chi connectivity index (χ3n) is 3.47. The van der Waals surface area contributed by atoms with Gasteiger partial charge in [-0.05, 0) is 30.5 Å². The summed E-state index contributed by atoms with van der Waals surface area (Å²) in [5, 5.41) is 9.70. The van der Waals surface area contributed by atoms with Gasteiger partial charge in [-0.1, -0.05) is 31.2 Å². The van der Waals surface area contributed by atoms with Crippen molar-refractivity contribution in [3.05, 3.63) is 42.1 Å². The molecule has 1 aromatic heterocycles. The lowest BCUT2D eigenvalue weighted by Gasteiger charge is -2.21. The van der Waals surface area contributed by atoms with Crippen LogP contribution in [-0.2, 0) is 11.3 Å². The zero-order valence-corrected chi connectivity index (χ0v) is 11.8. The average molecular weight is 272 g/mol. The standard InChI is InChI=1S/C15H20N4O/c1-3-15(2,16)14(20)17-10-11-4-6-12(7-5-11)13-8-9-18-19-13/h4-9H,3,10,16H2,1-2H3,(H,17,20)(H,18,19). The molecule has 106 valence electrons. The van der Waals surface area contributed by atoms with Crippen LogP contribution in [0.5, 0.6) is 0 Å². The summed E-state index contributed by atoms with van der Waals surface area (Å²) in [6, 6.07) is 9.87. The average Bonchev–Trinajstić information content (AvgIpc) is 2.99. The molecule has 0 aliphatic carbocycles. The molecule has 1 aromatic carbocycles. The molecule has 0 bridgehead atoms. The second-order valence-corrected chi connectivity index (χ2v) is 5.12. The molecule has 1 heterocycles. The van der Waals surface area contributed by atoms with Crippen molar-refractivity contribution in [2.75, 3.05) is 0 Å². The number of nitrogens with one attached hydrogen (secondary N) is 2. The van der Waals surface area contributed by atoms with Crippen molar-refractivity contribution in [2.45, 2.75) is 32.4 Å². The van der Waals surface area contributed by atoms with Gasteiger partial charge in [-0.25, -0.2) is 0 Å². The normalized spacial score (nSPS) is 13.8. The molecule has 5 nitrogen and oxygen atoms in total. The molecule has 1 unspecified atom stereocenters. The molecule has 2 aromatic rings. The summed E-state index contributed by atoms with van der Waals surface area (Å²) in [6.07, 6.45) is 2.33. The maximum absolute atomic E-state index is 11.9. The fraction of sp³-hybridized carbons (Fsp3) is 0.333. The van der Waals surface area contributed by atoms with Crippen LogP contribution in [0, 0.1) is 0 Å². The molecule has 2 rings (SSSR count). The predicted molar refractivity (Wildman–Crippen MR) is 78.8 cm³/mol. The predicted octanol–water partition coefficient (Wildman–Crippen LogP) is 1.82. The molecule has 0 spiro atoms. The van der Waals surface area contributed by atoms with Crippen molar-refractivity contribution in [1.82, 2.24) is 15.5 Å². The summed E-state index contributed by atoms with van der Waals surface area (Å²) >= 11 is 0. The molecular weight excluding hydrogens is 252 g/mol. The fourth-order valence-electron chi connectivity index (χ4n) is 1.76. The number of carbonyl (C=O) groups is 1. The molecule has 0 saturated heterocycles. The minimum atomic E-state index is -0.810. The number of rotatable bonds is 5. The van der Waals surface area contributed by atoms with Crippen molar-refractivity contribution in [3.63, 3.8) is 0 Å². The van der Waals surface area contributed by atoms with Crippen LogP contribution in [0.25, 0.3) is 11.3 Å². The van der Waals surface area contributed by atoms with E-state index in [0.29, 0.717) is 13.0 Å². The van der Waals surface area contributed by atoms with E-state index in [0.717, 1.165) is 16.8 Å². The van der Waals surface area contributed by atoms with Crippen molar-refractivity contribution in [3.8, 4) is 11.3 Å². The largest absolute Gasteiger partial charge is 0.350 e. The maximum atomic E-state index is 11.9. The van der Waals surface area contributed by atoms with E-state index in [-0.39, 0.29) is 5.91 Å². The minimum absolute atomic E-state index is 0.127. The van der Waals surface area contributed by atoms with Gasteiger partial charge >= 0.3 is 0 Å². The first-order valence-corrected chi connectivity index (χ1v) is 6.69. The van der Waals surface area contributed by atoms with Gasteiger partial charge < -0.3 is 11.1 Å². The summed E-state index contributed by atoms with van der Waals surface area (Å²) < 4.78 is 0. The van der Waals surface area contributed by atoms with Crippen molar-refractivity contribution >= 4 is 5.91 Å². The number of aromatic nitrogens is 2. The van der Waals surface area contributed by atoms with E-state index < -0.39 is 5.54 Å². The second-order valence-electron chi connectivity index (χ2n) is 5.12. The van der Waals surface area contributed by atoms with E-state index >= 15 is 0 Å². The lowest BCUT2D eigenvalue weighted by atomic mass is 9.99. The summed E-state index contributed by atoms with van der Waals surface area (Å²) in [5.74, 6) is -0.127. The van der Waals surface area contributed by atoms with Crippen LogP contribution in [0.4, 0.5) is 0 Å². The van der Waals surface area contributed by atoms with E-state index in [9.17, 15) is 4.79 Å². The van der Waals surface area contributed by atoms with Crippen LogP contribution >= 0.6 is 0 Å². The number of amides is 1. The van der Waals surface area contributed by atoms with Crippen molar-refractivity contribution in [1.29, 1.82) is 0 Å². The fourth-order valence-corrected chi connectivity index (χ4v) is 1.76. The van der Waals surface area contributed by atoms with Gasteiger partial charge in [0.05, 0.1) is 11.2 Å². The quantitative estimate of drug-likeness (QED) is 0.776. The van der Waals surface area contributed by atoms with Gasteiger partial charge in [-0.3, -0.25) is 9.89 Å². The van der Waals surface area contributed by atoms with Crippen molar-refractivity contribution in [2.24, 2.45) is 5.73 Å². The molecule has 1 amide bonds. The van der Waals surface area contributed by atoms with Crippen LogP contribution in [0.1, 0.15) is 25.8 Å². The lowest BCUT2D eigenvalue weighted by molar-refractivity contribution is -0.126. The van der Waals surface area contributed by atoms with E-state index in [1.807, 2.05) is 37.3 Å². The molecule has 0 aliphatic heterocycles. The third-order valence-corrected chi connectivity index (χ3v) is 3.47. The highest BCUT2D eigenvalue weighted by molar-refractivity contribution is 5.85. The van der Waals surface area contributed by atoms with Crippen molar-refractivity contribution < 1.29 is 4.79 Å². The van der Waals surface area contributed by atoms with E-state index in [4.69, 9.17) is 5.73 Å². The van der Waals surface area contributed by atoms with Gasteiger partial charge in [-0.2, -0.15) is 5.10 Å². The number of hydrogen-bond acceptors (Lipinski definition) is 3. The molecule has 0 fully saturated rings. The second kappa shape index (κ2) is 5.88. The summed E-state index contributed by atoms with van der Waals surface area (Å²) in [6.45, 7) is 4.12. The van der Waals surface area contributed by atoms with E-state index in [2.05, 4.69) is 15.5 Å². The number of H-pyrrole nitrogens is 1. The van der Waals surface area contributed by atoms with Gasteiger partial charge in [0.1, 0.15) is 0 Å². The monoisotopic (exact) mass is 272 g/mol. The third kappa shape index (κ3) is 3.24. The Morgan fingerprint density at radius 1 is 1.35 bits per heavy atom. The lowest BCUT2D eigenvalue weighted by Crippen LogP contribution is -2.50. The molecule has 0 radical (unpaired) electrons. The Bertz CT molecular complexity index is 558. The molecule has 4 N–H and O–H groups in total. The topological polar surface area (TPSA) is 83.8 Å². The van der Waals surface area contributed by atoms with Gasteiger partial charge in [0.25, 0.3) is 0 Å². The Kier molecular flexibility index (Phi) is 4.20. The molecule has 1 atom stereocenters. The number of aromatic amines is 1. The van der Waals surface area contributed by atoms with Crippen LogP contribution in [0.3, 0.4) is 0 Å². The SMILES string of the molecule is CCC(C)(N)C(=O)NCc1ccc(-c2ccn[nH]2)cc1. The number of nitrogens with two attached hydrogens (primary N) is 1. The Morgan fingerprint density at radius 3 is 2.60 bits per heavy atom. The highest BCUT2D eigenvalue weighted by atomic mass is 16.2. The van der Waals surface area contributed by atoms with E-state index in [1.165, 1.54) is 0 Å². The molecule has 20 heavy (non-hydrogen) atoms. The number of carbonyl (C=O) groups excluding carboxylic acids is 1. The number of nitrogens with zero attached hydrogens (tertiary/aromatic N) is 1. The first kappa shape index (κ1) is 14.3. The van der Waals surface area contributed by atoms with Gasteiger partial charge in [0.15, 0.2) is 0 Å². The van der Waals surface area contributed by atoms with Crippen LogP contribution in [-0.4, -0.2) is 21.6 Å². The Hall–Kier alpha value is -2.14. The number of hydrogen-bond donors (Lipinski definition) is 3. The Balaban J connectivity index is 1.96. The number of benzene rings is 1. The zero-order valence-electron chi connectivity index (χ0n) is 11.8. The Labute approximate surface area is 118 Å². The zero-order chi connectivity index (χ0) is 14.6. The summed E-state index contributed by atoms with van der Waals surface area (Å²) in [4.78, 5) is 11.9. The highest BCUT2D eigenvalue weighted by Gasteiger charge is 2.25. The molecule has 0 aliphatic rings. The maximum Gasteiger partial charge on any atom is 0.240 e. The van der Waals surface area contributed by atoms with Gasteiger partial charge in [0.2, 0.25) is 5.91 Å². The van der Waals surface area contributed by atoms with Gasteiger partial charge in [-0.15, -0.1) is 0 Å². The smallest absolute Gasteiger partial charge is 0.240 e. The summed E-state index contributed by atoms with van der Waals surface area (Å²) in [7, 11) is 0. The van der Waals surface area contributed by atoms with Crippen LogP contribution in [0.15, 0.2) is 36.5 Å². The molecule has 0 saturated carbocycles. The molecular formula is C15H20N4O. The molecule has 5 heteroatoms. The van der Waals surface area contributed by atoms with Crippen LogP contribution < -0.4 is 11.1 Å². The highest BCUT2D eigenvalue weighted by Crippen LogP contribution is 2.16. The minimum Gasteiger partial charge on any atom is -0.350 e. The van der Waals surface area contributed by atoms with E-state index in [1.54, 1.807) is 13.1 Å². The summed E-state index contributed by atoms with van der Waals surface area (Å²) in [5.41, 5.74) is 8.15. The van der Waals surface area contributed by atoms with Crippen LogP contribution in [0.2, 0.25) is 0 Å². The van der Waals surface area contributed by atoms with Gasteiger partial charge in [0, 0.05) is 12.7 Å².